The van der Waals surface area contributed by atoms with Gasteiger partial charge in [-0.25, -0.2) is 4.98 Å². The van der Waals surface area contributed by atoms with Crippen molar-refractivity contribution < 1.29 is 4.79 Å². The molecular weight excluding hydrogens is 324 g/mol. The Labute approximate surface area is 143 Å². The molecule has 1 aliphatic rings. The van der Waals surface area contributed by atoms with Crippen molar-refractivity contribution in [3.05, 3.63) is 57.9 Å². The summed E-state index contributed by atoms with van der Waals surface area (Å²) in [4.78, 5) is 21.8. The molecule has 0 saturated carbocycles. The molecule has 1 amide bonds. The highest BCUT2D eigenvalue weighted by molar-refractivity contribution is 7.21. The summed E-state index contributed by atoms with van der Waals surface area (Å²) in [5, 5.41) is 2.80. The van der Waals surface area contributed by atoms with E-state index in [9.17, 15) is 4.79 Å². The molecule has 0 saturated heterocycles. The highest BCUT2D eigenvalue weighted by Gasteiger charge is 2.32. The summed E-state index contributed by atoms with van der Waals surface area (Å²) < 4.78 is 0. The van der Waals surface area contributed by atoms with Crippen LogP contribution < -0.4 is 4.90 Å². The minimum absolute atomic E-state index is 0.00164. The van der Waals surface area contributed by atoms with E-state index in [-0.39, 0.29) is 11.9 Å². The minimum atomic E-state index is -0.00164. The second-order valence-corrected chi connectivity index (χ2v) is 7.95. The molecule has 2 aromatic heterocycles. The fraction of sp³-hybridized carbons (Fsp3) is 0.222. The second kappa shape index (κ2) is 5.58. The van der Waals surface area contributed by atoms with Crippen molar-refractivity contribution >= 4 is 34.3 Å². The Kier molecular flexibility index (Phi) is 3.54. The summed E-state index contributed by atoms with van der Waals surface area (Å²) in [6.07, 6.45) is 0.906. The molecule has 3 aromatic rings. The first-order chi connectivity index (χ1) is 11.1. The van der Waals surface area contributed by atoms with Crippen LogP contribution in [0.3, 0.4) is 0 Å². The van der Waals surface area contributed by atoms with E-state index in [0.717, 1.165) is 22.0 Å². The zero-order valence-corrected chi connectivity index (χ0v) is 14.6. The number of fused-ring (bicyclic) bond motifs is 1. The van der Waals surface area contributed by atoms with Gasteiger partial charge >= 0.3 is 0 Å². The van der Waals surface area contributed by atoms with Gasteiger partial charge in [0.25, 0.3) is 5.91 Å². The van der Waals surface area contributed by atoms with Gasteiger partial charge < -0.3 is 4.90 Å². The lowest BCUT2D eigenvalue weighted by molar-refractivity contribution is 0.0977. The van der Waals surface area contributed by atoms with Crippen molar-refractivity contribution in [1.29, 1.82) is 0 Å². The third-order valence-electron chi connectivity index (χ3n) is 4.10. The predicted molar refractivity (Wildman–Crippen MR) is 96.6 cm³/mol. The van der Waals surface area contributed by atoms with Crippen molar-refractivity contribution in [2.45, 2.75) is 26.3 Å². The molecule has 3 nitrogen and oxygen atoms in total. The van der Waals surface area contributed by atoms with Crippen LogP contribution in [0.4, 0.5) is 5.69 Å². The van der Waals surface area contributed by atoms with Gasteiger partial charge in [-0.3, -0.25) is 4.79 Å². The molecule has 1 aromatic carbocycles. The molecule has 0 bridgehead atoms. The van der Waals surface area contributed by atoms with E-state index in [1.54, 1.807) is 11.3 Å². The van der Waals surface area contributed by atoms with E-state index in [1.165, 1.54) is 21.8 Å². The minimum Gasteiger partial charge on any atom is -0.304 e. The lowest BCUT2D eigenvalue weighted by atomic mass is 10.1. The van der Waals surface area contributed by atoms with E-state index in [2.05, 4.69) is 37.0 Å². The molecule has 0 aliphatic carbocycles. The van der Waals surface area contributed by atoms with Crippen LogP contribution in [0, 0.1) is 6.92 Å². The molecule has 5 heteroatoms. The van der Waals surface area contributed by atoms with Crippen LogP contribution in [-0.2, 0) is 6.42 Å². The zero-order chi connectivity index (χ0) is 16.0. The maximum absolute atomic E-state index is 12.9. The number of aromatic nitrogens is 1. The highest BCUT2D eigenvalue weighted by Crippen LogP contribution is 2.35. The molecule has 23 heavy (non-hydrogen) atoms. The molecule has 1 atom stereocenters. The maximum atomic E-state index is 12.9. The lowest BCUT2D eigenvalue weighted by Gasteiger charge is -2.21. The number of para-hydroxylation sites is 1. The third kappa shape index (κ3) is 2.50. The van der Waals surface area contributed by atoms with Crippen molar-refractivity contribution in [2.75, 3.05) is 4.90 Å². The lowest BCUT2D eigenvalue weighted by Crippen LogP contribution is -2.35. The average Bonchev–Trinajstić information content (AvgIpc) is 3.23. The van der Waals surface area contributed by atoms with Crippen LogP contribution in [0.2, 0.25) is 0 Å². The highest BCUT2D eigenvalue weighted by atomic mass is 32.1. The van der Waals surface area contributed by atoms with Crippen LogP contribution in [-0.4, -0.2) is 16.9 Å². The Bertz CT molecular complexity index is 881. The van der Waals surface area contributed by atoms with E-state index >= 15 is 0 Å². The van der Waals surface area contributed by atoms with E-state index < -0.39 is 0 Å². The van der Waals surface area contributed by atoms with E-state index in [4.69, 9.17) is 0 Å². The van der Waals surface area contributed by atoms with Crippen molar-refractivity contribution in [3.63, 3.8) is 0 Å². The number of rotatable bonds is 2. The molecule has 116 valence electrons. The van der Waals surface area contributed by atoms with Gasteiger partial charge in [-0.2, -0.15) is 0 Å². The topological polar surface area (TPSA) is 33.2 Å². The Morgan fingerprint density at radius 1 is 1.26 bits per heavy atom. The molecular formula is C18H16N2OS2. The summed E-state index contributed by atoms with van der Waals surface area (Å²) in [5.74, 6) is -0.00164. The first-order valence-electron chi connectivity index (χ1n) is 7.57. The number of benzene rings is 1. The van der Waals surface area contributed by atoms with Gasteiger partial charge in [-0.05, 0) is 44.0 Å². The fourth-order valence-electron chi connectivity index (χ4n) is 3.03. The largest absolute Gasteiger partial charge is 0.304 e. The number of amides is 1. The summed E-state index contributed by atoms with van der Waals surface area (Å²) in [6, 6.07) is 12.5. The standard InChI is InChI=1S/C18H16N2OS2/c1-11-9-13-5-3-4-6-15(13)20(11)18(21)14-10-22-17(19-14)16-8-7-12(2)23-16/h3-8,10-11H,9H2,1-2H3/t11-/m0/s1. The summed E-state index contributed by atoms with van der Waals surface area (Å²) in [6.45, 7) is 4.17. The van der Waals surface area contributed by atoms with Crippen molar-refractivity contribution in [2.24, 2.45) is 0 Å². The van der Waals surface area contributed by atoms with Crippen molar-refractivity contribution in [3.8, 4) is 9.88 Å². The molecule has 0 radical (unpaired) electrons. The molecule has 0 unspecified atom stereocenters. The van der Waals surface area contributed by atoms with Crippen LogP contribution in [0.1, 0.15) is 27.9 Å². The number of thiophene rings is 1. The van der Waals surface area contributed by atoms with Crippen LogP contribution in [0.15, 0.2) is 41.8 Å². The van der Waals surface area contributed by atoms with Crippen LogP contribution >= 0.6 is 22.7 Å². The quantitative estimate of drug-likeness (QED) is 0.673. The van der Waals surface area contributed by atoms with Gasteiger partial charge in [-0.15, -0.1) is 22.7 Å². The van der Waals surface area contributed by atoms with E-state index in [1.807, 2.05) is 28.5 Å². The van der Waals surface area contributed by atoms with Gasteiger partial charge in [0.05, 0.1) is 4.88 Å². The number of nitrogens with zero attached hydrogens (tertiary/aromatic N) is 2. The number of anilines is 1. The Balaban J connectivity index is 1.66. The van der Waals surface area contributed by atoms with Gasteiger partial charge in [0, 0.05) is 22.0 Å². The SMILES string of the molecule is Cc1ccc(-c2nc(C(=O)N3c4ccccc4C[C@@H]3C)cs2)s1. The average molecular weight is 340 g/mol. The fourth-order valence-corrected chi connectivity index (χ4v) is 4.77. The number of carbonyl (C=O) groups excluding carboxylic acids is 1. The van der Waals surface area contributed by atoms with Crippen molar-refractivity contribution in [1.82, 2.24) is 4.98 Å². The number of thiazole rings is 1. The molecule has 1 aliphatic heterocycles. The van der Waals surface area contributed by atoms with Gasteiger partial charge in [-0.1, -0.05) is 18.2 Å². The predicted octanol–water partition coefficient (Wildman–Crippen LogP) is 4.77. The summed E-state index contributed by atoms with van der Waals surface area (Å²) in [7, 11) is 0. The van der Waals surface area contributed by atoms with Gasteiger partial charge in [0.1, 0.15) is 10.7 Å². The second-order valence-electron chi connectivity index (χ2n) is 5.81. The first kappa shape index (κ1) is 14.6. The maximum Gasteiger partial charge on any atom is 0.278 e. The molecule has 0 spiro atoms. The monoisotopic (exact) mass is 340 g/mol. The Morgan fingerprint density at radius 3 is 2.87 bits per heavy atom. The van der Waals surface area contributed by atoms with Gasteiger partial charge in [0.15, 0.2) is 0 Å². The number of hydrogen-bond donors (Lipinski definition) is 0. The number of aryl methyl sites for hydroxylation is 1. The molecule has 0 N–H and O–H groups in total. The van der Waals surface area contributed by atoms with Crippen LogP contribution in [0.25, 0.3) is 9.88 Å². The number of hydrogen-bond acceptors (Lipinski definition) is 4. The Hall–Kier alpha value is -1.98. The normalized spacial score (nSPS) is 16.6. The summed E-state index contributed by atoms with van der Waals surface area (Å²) >= 11 is 3.25. The van der Waals surface area contributed by atoms with Gasteiger partial charge in [0.2, 0.25) is 0 Å². The first-order valence-corrected chi connectivity index (χ1v) is 9.27. The summed E-state index contributed by atoms with van der Waals surface area (Å²) in [5.41, 5.74) is 2.80. The molecule has 4 rings (SSSR count). The van der Waals surface area contributed by atoms with E-state index in [0.29, 0.717) is 5.69 Å². The number of carbonyl (C=O) groups is 1. The zero-order valence-electron chi connectivity index (χ0n) is 12.9. The van der Waals surface area contributed by atoms with Crippen LogP contribution in [0.5, 0.6) is 0 Å². The smallest absolute Gasteiger partial charge is 0.278 e. The molecule has 3 heterocycles. The molecule has 0 fully saturated rings. The third-order valence-corrected chi connectivity index (χ3v) is 6.11. The Morgan fingerprint density at radius 2 is 2.09 bits per heavy atom.